The first-order valence-electron chi connectivity index (χ1n) is 37.5. The summed E-state index contributed by atoms with van der Waals surface area (Å²) in [4.78, 5) is 204. The molecule has 0 aliphatic carbocycles. The van der Waals surface area contributed by atoms with Gasteiger partial charge in [-0.05, 0) is 110 Å². The molecule has 0 aromatic heterocycles. The van der Waals surface area contributed by atoms with Crippen molar-refractivity contribution in [2.75, 3.05) is 85.3 Å². The number of imide groups is 6. The van der Waals surface area contributed by atoms with Crippen molar-refractivity contribution in [1.29, 1.82) is 0 Å². The molecule has 6 N–H and O–H groups in total. The molecule has 6 heterocycles. The zero-order chi connectivity index (χ0) is 97.6. The number of piperidine rings is 6. The molecule has 6 aromatic carbocycles. The number of ether oxygens (including phenoxy) is 6. The number of aryl methyl sites for hydroxylation is 1. The molecule has 726 valence electrons. The first-order valence-corrected chi connectivity index (χ1v) is 37.5. The molecule has 6 aliphatic rings. The van der Waals surface area contributed by atoms with Gasteiger partial charge in [-0.3, -0.25) is 103 Å². The quantitative estimate of drug-likeness (QED) is 0.0386. The van der Waals surface area contributed by atoms with E-state index in [2.05, 4.69) is 107 Å². The smallest absolute Gasteiger partial charge is 0.684 e. The van der Waals surface area contributed by atoms with E-state index in [4.69, 9.17) is 0 Å². The molecule has 6 aliphatic heterocycles. The Morgan fingerprint density at radius 1 is 0.304 bits per heavy atom. The van der Waals surface area contributed by atoms with Gasteiger partial charge in [0, 0.05) is 135 Å². The summed E-state index contributed by atoms with van der Waals surface area (Å²) in [6.45, 7) is 1.86. The number of methoxy groups -OCH3 is 6. The van der Waals surface area contributed by atoms with E-state index in [1.165, 1.54) is 24.3 Å². The zero-order valence-electron chi connectivity index (χ0n) is 74.1. The van der Waals surface area contributed by atoms with E-state index < -0.39 is 177 Å². The SMILES string of the molecule is COC.COC.COC.COC.COC.COC.Cc1cc[c-]c(C(=O)[N-]C2CCC(=O)NC2=O)c1.O=C1CCC([N-]C(=O)c2[c-]c(F)c(F)cc2)C(=O)N1.O=C1CCC([N-]C(=O)c2[c-]cc(F)c(F)c2)C(=O)N1.O=C1CCC([N-]C(=O)c2[c-]ccc(F)c2F)C(=O)N1.O=C1CC[C@@H]([N-]C(=O)c2[c-]c(F)ccc2)C(=O)N1.O=C1CC[C@H]([N-]C(=O)c2[c-]c(F)ccc2)C(=O)N1.[W+2].[W+2].[W+2].[W+2].[W+2].[W+2]. The van der Waals surface area contributed by atoms with Gasteiger partial charge in [-0.2, -0.15) is 0 Å². The summed E-state index contributed by atoms with van der Waals surface area (Å²) in [6.07, 6.45) is 1.63. The summed E-state index contributed by atoms with van der Waals surface area (Å²) in [6, 6.07) is 25.8. The Balaban J connectivity index is -0.000000353. The third-order valence-electron chi connectivity index (χ3n) is 15.3. The van der Waals surface area contributed by atoms with Crippen LogP contribution in [0.15, 0.2) is 91.0 Å². The van der Waals surface area contributed by atoms with E-state index in [9.17, 15) is 121 Å². The Morgan fingerprint density at radius 2 is 0.570 bits per heavy atom. The standard InChI is InChI=1S/C13H13N2O3.3C12H9F2N2O3.2C12H10FN2O3.6C2H6O.6W/c1-8-3-2-4-9(7-8)12(17)14-10-5-6-11(16)15-13(10)18;2*13-7-2-1-6(5-8(7)14)11(18)15-9-3-4-10(17)16-12(9)19;13-7-3-1-2-6(10(7)14)11(18)15-8-4-5-9(17)16-12(8)19;2*13-8-3-1-2-7(6-8)11(17)14-9-4-5-10(16)15-12(9)18;6*1-3-2;;;;;;/h2-3,7,10H,5-6H2,1H3,(H2,14,15,16,17,18);2,5,9H,3-4H2,(H2,15,16,17,18,19);1-2,9H,3-4H2,(H2,15,16,17,18,19);1,3,8H,4-5H2,(H2,15,16,17,18,19);2*1-3,9H,4-5H2,(H2,14,15,16,17,18);6*1-2H3;;;;;;/q6*-1;;;;;;;6*+2/p-6/t;;;;2*9-;;;;;;;;;;;;/m....10............/s1. The minimum atomic E-state index is -1.36. The van der Waals surface area contributed by atoms with Crippen molar-refractivity contribution in [3.63, 3.8) is 0 Å². The van der Waals surface area contributed by atoms with Crippen LogP contribution in [0.5, 0.6) is 0 Å². The number of hydrogen-bond acceptors (Lipinski definition) is 24. The van der Waals surface area contributed by atoms with Gasteiger partial charge in [0.25, 0.3) is 0 Å². The fraction of sp³-hybridized carbons (Fsp3) is 0.365. The normalized spacial score (nSPS) is 16.5. The largest absolute Gasteiger partial charge is 2.00 e. The minimum absolute atomic E-state index is 0. The van der Waals surface area contributed by atoms with Crippen LogP contribution in [0.1, 0.15) is 145 Å². The zero-order valence-corrected chi connectivity index (χ0v) is 91.7. The van der Waals surface area contributed by atoms with Crippen molar-refractivity contribution >= 4 is 106 Å². The second kappa shape index (κ2) is 75.4. The van der Waals surface area contributed by atoms with Crippen LogP contribution in [0.2, 0.25) is 0 Å². The van der Waals surface area contributed by atoms with E-state index in [-0.39, 0.29) is 243 Å². The van der Waals surface area contributed by atoms with Gasteiger partial charge in [0.15, 0.2) is 0 Å². The molecule has 36 nitrogen and oxygen atoms in total. The van der Waals surface area contributed by atoms with Crippen LogP contribution in [0.3, 0.4) is 0 Å². The number of amides is 18. The number of halogens is 8. The third kappa shape index (κ3) is 53.6. The Bertz CT molecular complexity index is 4560. The van der Waals surface area contributed by atoms with Gasteiger partial charge in [0.05, 0.1) is 34.9 Å². The number of rotatable bonds is 12. The maximum Gasteiger partial charge on any atom is 2.00 e. The van der Waals surface area contributed by atoms with Gasteiger partial charge in [-0.25, -0.2) is 22.0 Å². The van der Waals surface area contributed by atoms with Crippen LogP contribution in [-0.2, 0) is 212 Å². The minimum Gasteiger partial charge on any atom is -0.684 e. The average Bonchev–Trinajstić information content (AvgIpc) is 0.856. The van der Waals surface area contributed by atoms with Crippen LogP contribution >= 0.6 is 0 Å². The number of hydrogen-bond donors (Lipinski definition) is 6. The van der Waals surface area contributed by atoms with E-state index in [1.807, 2.05) is 35.0 Å². The molecule has 0 spiro atoms. The fourth-order valence-corrected chi connectivity index (χ4v) is 9.68. The van der Waals surface area contributed by atoms with Crippen molar-refractivity contribution in [3.8, 4) is 0 Å². The Kier molecular flexibility index (Phi) is 76.0. The Labute approximate surface area is 857 Å². The second-order valence-corrected chi connectivity index (χ2v) is 26.1. The maximum atomic E-state index is 13.3. The molecule has 4 unspecified atom stereocenters. The molecular weight excluding hydrogens is 2830 g/mol. The fourth-order valence-electron chi connectivity index (χ4n) is 9.68. The van der Waals surface area contributed by atoms with Crippen LogP contribution < -0.4 is 31.9 Å². The molecule has 12 rings (SSSR count). The third-order valence-corrected chi connectivity index (χ3v) is 15.3. The first kappa shape index (κ1) is 136. The van der Waals surface area contributed by atoms with Crippen LogP contribution in [0, 0.1) is 89.9 Å². The summed E-state index contributed by atoms with van der Waals surface area (Å²) in [7, 11) is 19.5. The predicted molar refractivity (Wildman–Crippen MR) is 437 cm³/mol. The van der Waals surface area contributed by atoms with Gasteiger partial charge < -0.3 is 89.1 Å². The number of carbonyl (C=O) groups excluding carboxylic acids is 18. The van der Waals surface area contributed by atoms with Crippen LogP contribution in [-0.4, -0.2) is 228 Å². The van der Waals surface area contributed by atoms with E-state index >= 15 is 0 Å². The van der Waals surface area contributed by atoms with Crippen LogP contribution in [0.25, 0.3) is 31.9 Å². The summed E-state index contributed by atoms with van der Waals surface area (Å²) in [5, 5.41) is 34.2. The predicted octanol–water partition coefficient (Wildman–Crippen LogP) is 7.82. The van der Waals surface area contributed by atoms with Crippen molar-refractivity contribution in [3.05, 3.63) is 245 Å². The second-order valence-electron chi connectivity index (χ2n) is 26.1. The Morgan fingerprint density at radius 3 is 0.837 bits per heavy atom. The van der Waals surface area contributed by atoms with Crippen molar-refractivity contribution in [2.45, 2.75) is 120 Å². The number of nitrogens with zero attached hydrogens (tertiary/aromatic N) is 6. The monoisotopic (exact) mass is 2920 g/mol. The van der Waals surface area contributed by atoms with Gasteiger partial charge in [0.1, 0.15) is 0 Å². The van der Waals surface area contributed by atoms with E-state index in [0.29, 0.717) is 17.7 Å². The van der Waals surface area contributed by atoms with E-state index in [1.54, 1.807) is 97.5 Å². The molecule has 50 heteroatoms. The summed E-state index contributed by atoms with van der Waals surface area (Å²) < 4.78 is 129. The molecule has 0 bridgehead atoms. The van der Waals surface area contributed by atoms with Crippen molar-refractivity contribution in [1.82, 2.24) is 31.9 Å². The Hall–Kier alpha value is -9.69. The molecular formula is C85H90F8N12O24W6. The first-order chi connectivity index (χ1) is 61.1. The topological polar surface area (TPSA) is 519 Å². The molecule has 6 atom stereocenters. The van der Waals surface area contributed by atoms with Gasteiger partial charge in [0.2, 0.25) is 70.9 Å². The van der Waals surface area contributed by atoms with Crippen molar-refractivity contribution in [2.24, 2.45) is 0 Å². The van der Waals surface area contributed by atoms with E-state index in [0.717, 1.165) is 42.0 Å². The van der Waals surface area contributed by atoms with Crippen molar-refractivity contribution < 1.29 is 276 Å². The van der Waals surface area contributed by atoms with Gasteiger partial charge in [-0.15, -0.1) is 161 Å². The van der Waals surface area contributed by atoms with Crippen LogP contribution in [0.4, 0.5) is 35.1 Å². The molecule has 18 amide bonds. The van der Waals surface area contributed by atoms with Gasteiger partial charge >= 0.3 is 126 Å². The molecule has 6 fully saturated rings. The molecule has 6 saturated heterocycles. The number of benzene rings is 6. The molecule has 135 heavy (non-hydrogen) atoms. The molecule has 0 radical (unpaired) electrons. The number of carbonyl (C=O) groups is 18. The average molecular weight is 2920 g/mol. The summed E-state index contributed by atoms with van der Waals surface area (Å²) in [5.74, 6) is -19.5. The summed E-state index contributed by atoms with van der Waals surface area (Å²) >= 11 is 0. The number of nitrogens with one attached hydrogen (secondary N) is 6. The molecule has 6 aromatic rings. The maximum absolute atomic E-state index is 13.3. The van der Waals surface area contributed by atoms with Gasteiger partial charge in [-0.1, -0.05) is 12.5 Å². The summed E-state index contributed by atoms with van der Waals surface area (Å²) in [5.41, 5.74) is -0.0356. The molecule has 0 saturated carbocycles.